The molecule has 80 valence electrons. The summed E-state index contributed by atoms with van der Waals surface area (Å²) in [5.74, 6) is 0. The number of hydrogen-bond donors (Lipinski definition) is 0. The predicted molar refractivity (Wildman–Crippen MR) is 61.6 cm³/mol. The molecule has 2 aliphatic heterocycles. The van der Waals surface area contributed by atoms with E-state index in [2.05, 4.69) is 0 Å². The van der Waals surface area contributed by atoms with Gasteiger partial charge in [0.2, 0.25) is 12.4 Å². The largest absolute Gasteiger partial charge is 0.755 e. The van der Waals surface area contributed by atoms with Gasteiger partial charge in [0, 0.05) is 17.1 Å². The molecule has 2 aliphatic rings. The Labute approximate surface area is 93.0 Å². The molecule has 0 saturated heterocycles. The molecule has 4 nitrogen and oxygen atoms in total. The zero-order valence-electron chi connectivity index (χ0n) is 8.48. The summed E-state index contributed by atoms with van der Waals surface area (Å²) in [7, 11) is 0. The van der Waals surface area contributed by atoms with Crippen LogP contribution in [0, 0.1) is 10.1 Å². The van der Waals surface area contributed by atoms with Crippen LogP contribution in [-0.4, -0.2) is 9.82 Å². The van der Waals surface area contributed by atoms with E-state index in [1.165, 1.54) is 24.8 Å². The SMILES string of the molecule is O=[N+]1C=CC(=CC=C2C=CN([O-])C=C2)C=C1. The smallest absolute Gasteiger partial charge is 0.228 e. The Morgan fingerprint density at radius 3 is 2.06 bits per heavy atom. The summed E-state index contributed by atoms with van der Waals surface area (Å²) in [6.45, 7) is 0. The summed E-state index contributed by atoms with van der Waals surface area (Å²) < 4.78 is 0.736. The molecule has 0 amide bonds. The quantitative estimate of drug-likeness (QED) is 0.630. The molecule has 0 unspecified atom stereocenters. The van der Waals surface area contributed by atoms with Gasteiger partial charge < -0.3 is 10.3 Å². The molecule has 16 heavy (non-hydrogen) atoms. The van der Waals surface area contributed by atoms with Gasteiger partial charge in [-0.1, -0.05) is 12.2 Å². The molecule has 0 saturated carbocycles. The van der Waals surface area contributed by atoms with Gasteiger partial charge in [-0.05, 0) is 35.7 Å². The maximum atomic E-state index is 10.8. The van der Waals surface area contributed by atoms with Gasteiger partial charge in [-0.2, -0.15) is 0 Å². The van der Waals surface area contributed by atoms with Crippen LogP contribution in [0.2, 0.25) is 0 Å². The number of nitrogens with zero attached hydrogens (tertiary/aromatic N) is 2. The molecule has 0 aromatic rings. The minimum absolute atomic E-state index is 0.736. The predicted octanol–water partition coefficient (Wildman–Crippen LogP) is 2.50. The number of rotatable bonds is 1. The maximum Gasteiger partial charge on any atom is 0.228 e. The normalized spacial score (nSPS) is 18.3. The van der Waals surface area contributed by atoms with Gasteiger partial charge in [0.05, 0.1) is 4.76 Å². The van der Waals surface area contributed by atoms with Gasteiger partial charge in [0.25, 0.3) is 0 Å². The Morgan fingerprint density at radius 2 is 1.50 bits per heavy atom. The molecule has 0 fully saturated rings. The first-order chi connectivity index (χ1) is 7.74. The number of nitroso groups, excluding NO2 is 1. The summed E-state index contributed by atoms with van der Waals surface area (Å²) in [5, 5.41) is 11.5. The standard InChI is InChI=1S/C12H10N2O2/c15-13-7-3-11(4-8-13)1-2-12-5-9-14(16)10-6-12/h1-10H. The Kier molecular flexibility index (Phi) is 2.93. The van der Waals surface area contributed by atoms with Gasteiger partial charge in [-0.15, -0.1) is 0 Å². The lowest BCUT2D eigenvalue weighted by Gasteiger charge is -2.23. The first-order valence-corrected chi connectivity index (χ1v) is 4.80. The van der Waals surface area contributed by atoms with E-state index < -0.39 is 0 Å². The second-order valence-electron chi connectivity index (χ2n) is 3.32. The van der Waals surface area contributed by atoms with Crippen molar-refractivity contribution in [3.05, 3.63) is 82.5 Å². The van der Waals surface area contributed by atoms with Crippen LogP contribution in [0.1, 0.15) is 0 Å². The fourth-order valence-electron chi connectivity index (χ4n) is 1.26. The fraction of sp³-hybridized carbons (Fsp3) is 0. The summed E-state index contributed by atoms with van der Waals surface area (Å²) >= 11 is 0. The highest BCUT2D eigenvalue weighted by molar-refractivity contribution is 5.41. The van der Waals surface area contributed by atoms with Crippen molar-refractivity contribution in [1.29, 1.82) is 0 Å². The number of allylic oxidation sites excluding steroid dienone is 8. The lowest BCUT2D eigenvalue weighted by Crippen LogP contribution is -2.00. The Bertz CT molecular complexity index is 445. The van der Waals surface area contributed by atoms with Crippen molar-refractivity contribution in [2.75, 3.05) is 0 Å². The molecule has 4 heteroatoms. The molecule has 0 radical (unpaired) electrons. The molecular weight excluding hydrogens is 204 g/mol. The Morgan fingerprint density at radius 1 is 1.00 bits per heavy atom. The molecule has 0 spiro atoms. The van der Waals surface area contributed by atoms with Crippen molar-refractivity contribution >= 4 is 0 Å². The molecular formula is C12H10N2O2. The molecule has 2 heterocycles. The third-order valence-corrected chi connectivity index (χ3v) is 2.12. The first kappa shape index (κ1) is 10.3. The van der Waals surface area contributed by atoms with Crippen LogP contribution in [0.25, 0.3) is 0 Å². The molecule has 2 rings (SSSR count). The lowest BCUT2D eigenvalue weighted by molar-refractivity contribution is -0.403. The van der Waals surface area contributed by atoms with Crippen LogP contribution in [0.3, 0.4) is 0 Å². The van der Waals surface area contributed by atoms with Crippen LogP contribution < -0.4 is 0 Å². The number of hydrogen-bond acceptors (Lipinski definition) is 3. The van der Waals surface area contributed by atoms with Gasteiger partial charge in [-0.3, -0.25) is 0 Å². The van der Waals surface area contributed by atoms with Crippen LogP contribution in [0.5, 0.6) is 0 Å². The number of hydroxylamine groups is 2. The molecule has 0 aliphatic carbocycles. The highest BCUT2D eigenvalue weighted by Gasteiger charge is 2.03. The molecule has 0 atom stereocenters. The zero-order valence-corrected chi connectivity index (χ0v) is 8.48. The van der Waals surface area contributed by atoms with Crippen molar-refractivity contribution in [2.24, 2.45) is 0 Å². The molecule has 0 N–H and O–H groups in total. The van der Waals surface area contributed by atoms with Crippen molar-refractivity contribution in [3.63, 3.8) is 0 Å². The van der Waals surface area contributed by atoms with Crippen LogP contribution in [0.4, 0.5) is 0 Å². The molecule has 0 bridgehead atoms. The van der Waals surface area contributed by atoms with E-state index in [9.17, 15) is 10.1 Å². The average molecular weight is 214 g/mol. The van der Waals surface area contributed by atoms with Gasteiger partial charge >= 0.3 is 0 Å². The maximum absolute atomic E-state index is 10.8. The highest BCUT2D eigenvalue weighted by Crippen LogP contribution is 2.11. The van der Waals surface area contributed by atoms with Crippen LogP contribution in [0.15, 0.2) is 72.4 Å². The van der Waals surface area contributed by atoms with E-state index in [1.807, 2.05) is 12.2 Å². The Hall–Kier alpha value is -2.20. The highest BCUT2D eigenvalue weighted by atomic mass is 16.5. The van der Waals surface area contributed by atoms with E-state index in [0.717, 1.165) is 21.0 Å². The van der Waals surface area contributed by atoms with Gasteiger partial charge in [0.15, 0.2) is 0 Å². The minimum Gasteiger partial charge on any atom is -0.755 e. The fourth-order valence-corrected chi connectivity index (χ4v) is 1.26. The van der Waals surface area contributed by atoms with E-state index in [4.69, 9.17) is 0 Å². The lowest BCUT2D eigenvalue weighted by atomic mass is 10.1. The minimum atomic E-state index is 0.736. The van der Waals surface area contributed by atoms with Gasteiger partial charge in [0.1, 0.15) is 0 Å². The zero-order chi connectivity index (χ0) is 11.4. The third kappa shape index (κ3) is 2.65. The van der Waals surface area contributed by atoms with E-state index in [-0.39, 0.29) is 0 Å². The van der Waals surface area contributed by atoms with E-state index in [0.29, 0.717) is 0 Å². The first-order valence-electron chi connectivity index (χ1n) is 4.80. The monoisotopic (exact) mass is 214 g/mol. The molecule has 0 aromatic heterocycles. The second-order valence-corrected chi connectivity index (χ2v) is 3.32. The molecule has 0 aromatic carbocycles. The second kappa shape index (κ2) is 4.55. The van der Waals surface area contributed by atoms with Crippen molar-refractivity contribution < 1.29 is 4.76 Å². The summed E-state index contributed by atoms with van der Waals surface area (Å²) in [5.41, 5.74) is 1.87. The van der Waals surface area contributed by atoms with Crippen molar-refractivity contribution in [1.82, 2.24) is 5.06 Å². The summed E-state index contributed by atoms with van der Waals surface area (Å²) in [6.07, 6.45) is 16.4. The summed E-state index contributed by atoms with van der Waals surface area (Å²) in [6, 6.07) is 0. The third-order valence-electron chi connectivity index (χ3n) is 2.12. The van der Waals surface area contributed by atoms with Crippen LogP contribution in [-0.2, 0) is 0 Å². The topological polar surface area (TPSA) is 46.4 Å². The average Bonchev–Trinajstić information content (AvgIpc) is 2.30. The Balaban J connectivity index is 2.09. The van der Waals surface area contributed by atoms with Gasteiger partial charge in [-0.25, -0.2) is 0 Å². The van der Waals surface area contributed by atoms with E-state index >= 15 is 0 Å². The summed E-state index contributed by atoms with van der Waals surface area (Å²) in [4.78, 5) is 10.8. The van der Waals surface area contributed by atoms with Crippen LogP contribution >= 0.6 is 0 Å². The van der Waals surface area contributed by atoms with Crippen molar-refractivity contribution in [2.45, 2.75) is 0 Å². The van der Waals surface area contributed by atoms with E-state index in [1.54, 1.807) is 24.3 Å². The van der Waals surface area contributed by atoms with Crippen molar-refractivity contribution in [3.8, 4) is 0 Å².